The number of anilines is 1. The number of amides is 1. The number of halogens is 2. The molecule has 8 heteroatoms. The van der Waals surface area contributed by atoms with Gasteiger partial charge in [-0.25, -0.2) is 0 Å². The normalized spacial score (nSPS) is 15.1. The van der Waals surface area contributed by atoms with E-state index in [1.807, 2.05) is 6.07 Å². The van der Waals surface area contributed by atoms with E-state index in [4.69, 9.17) is 10.00 Å². The van der Waals surface area contributed by atoms with Crippen molar-refractivity contribution in [3.8, 4) is 23.3 Å². The Kier molecular flexibility index (Phi) is 4.15. The van der Waals surface area contributed by atoms with Crippen LogP contribution in [0.2, 0.25) is 0 Å². The highest BCUT2D eigenvalue weighted by atomic mass is 19.3. The smallest absolute Gasteiger partial charge is 0.481 e. The van der Waals surface area contributed by atoms with Crippen molar-refractivity contribution in [2.24, 2.45) is 0 Å². The number of benzene rings is 2. The van der Waals surface area contributed by atoms with Crippen LogP contribution in [-0.4, -0.2) is 18.3 Å². The topological polar surface area (TPSA) is 80.6 Å². The SMILES string of the molecule is C[C@@H](Oc1ccc(C#N)cc1)C(=O)Nc1ccc2c(c1)OC(F)(F)O2. The van der Waals surface area contributed by atoms with Crippen LogP contribution >= 0.6 is 0 Å². The number of hydrogen-bond acceptors (Lipinski definition) is 5. The highest BCUT2D eigenvalue weighted by Crippen LogP contribution is 2.42. The van der Waals surface area contributed by atoms with E-state index < -0.39 is 18.3 Å². The van der Waals surface area contributed by atoms with Crippen LogP contribution in [0.25, 0.3) is 0 Å². The van der Waals surface area contributed by atoms with Crippen LogP contribution in [0.3, 0.4) is 0 Å². The lowest BCUT2D eigenvalue weighted by Gasteiger charge is -2.15. The van der Waals surface area contributed by atoms with Gasteiger partial charge in [-0.2, -0.15) is 5.26 Å². The summed E-state index contributed by atoms with van der Waals surface area (Å²) in [5, 5.41) is 11.3. The molecule has 0 aromatic heterocycles. The van der Waals surface area contributed by atoms with Gasteiger partial charge in [0.1, 0.15) is 5.75 Å². The van der Waals surface area contributed by atoms with Crippen LogP contribution < -0.4 is 19.5 Å². The van der Waals surface area contributed by atoms with Gasteiger partial charge in [0.25, 0.3) is 5.91 Å². The van der Waals surface area contributed by atoms with E-state index in [1.54, 1.807) is 24.3 Å². The fourth-order valence-electron chi connectivity index (χ4n) is 2.14. The van der Waals surface area contributed by atoms with Crippen LogP contribution in [0.4, 0.5) is 14.5 Å². The number of nitrogens with one attached hydrogen (secondary N) is 1. The zero-order chi connectivity index (χ0) is 18.0. The summed E-state index contributed by atoms with van der Waals surface area (Å²) in [4.78, 5) is 12.2. The van der Waals surface area contributed by atoms with Crippen molar-refractivity contribution in [1.82, 2.24) is 0 Å². The molecule has 1 N–H and O–H groups in total. The third-order valence-electron chi connectivity index (χ3n) is 3.33. The third kappa shape index (κ3) is 3.77. The highest BCUT2D eigenvalue weighted by molar-refractivity contribution is 5.94. The minimum atomic E-state index is -3.71. The number of carbonyl (C=O) groups excluding carboxylic acids is 1. The average molecular weight is 346 g/mol. The first-order chi connectivity index (χ1) is 11.9. The summed E-state index contributed by atoms with van der Waals surface area (Å²) in [6.45, 7) is 1.54. The Morgan fingerprint density at radius 3 is 2.56 bits per heavy atom. The summed E-state index contributed by atoms with van der Waals surface area (Å²) in [7, 11) is 0. The molecule has 2 aromatic carbocycles. The number of ether oxygens (including phenoxy) is 3. The number of carbonyl (C=O) groups is 1. The molecule has 0 saturated heterocycles. The molecule has 0 spiro atoms. The van der Waals surface area contributed by atoms with Crippen molar-refractivity contribution in [3.05, 3.63) is 48.0 Å². The maximum atomic E-state index is 13.0. The predicted molar refractivity (Wildman–Crippen MR) is 82.5 cm³/mol. The largest absolute Gasteiger partial charge is 0.586 e. The summed E-state index contributed by atoms with van der Waals surface area (Å²) < 4.78 is 40.1. The molecule has 0 radical (unpaired) electrons. The van der Waals surface area contributed by atoms with E-state index in [0.717, 1.165) is 0 Å². The summed E-state index contributed by atoms with van der Waals surface area (Å²) in [6, 6.07) is 12.2. The van der Waals surface area contributed by atoms with Crippen molar-refractivity contribution >= 4 is 11.6 Å². The number of hydrogen-bond donors (Lipinski definition) is 1. The lowest BCUT2D eigenvalue weighted by Crippen LogP contribution is -2.30. The molecule has 25 heavy (non-hydrogen) atoms. The average Bonchev–Trinajstić information content (AvgIpc) is 2.88. The summed E-state index contributed by atoms with van der Waals surface area (Å²) in [6.07, 6.45) is -4.56. The Balaban J connectivity index is 1.63. The van der Waals surface area contributed by atoms with Crippen molar-refractivity contribution in [2.75, 3.05) is 5.32 Å². The fourth-order valence-corrected chi connectivity index (χ4v) is 2.14. The van der Waals surface area contributed by atoms with Crippen molar-refractivity contribution in [1.29, 1.82) is 5.26 Å². The molecule has 0 unspecified atom stereocenters. The molecular weight excluding hydrogens is 334 g/mol. The molecule has 128 valence electrons. The molecule has 0 fully saturated rings. The zero-order valence-corrected chi connectivity index (χ0v) is 13.0. The van der Waals surface area contributed by atoms with Crippen molar-refractivity contribution in [2.45, 2.75) is 19.3 Å². The van der Waals surface area contributed by atoms with E-state index >= 15 is 0 Å². The van der Waals surface area contributed by atoms with Gasteiger partial charge >= 0.3 is 6.29 Å². The molecule has 0 aliphatic carbocycles. The number of alkyl halides is 2. The Bertz CT molecular complexity index is 847. The Morgan fingerprint density at radius 1 is 1.20 bits per heavy atom. The summed E-state index contributed by atoms with van der Waals surface area (Å²) >= 11 is 0. The minimum Gasteiger partial charge on any atom is -0.481 e. The number of rotatable bonds is 4. The summed E-state index contributed by atoms with van der Waals surface area (Å²) in [5.41, 5.74) is 0.738. The third-order valence-corrected chi connectivity index (χ3v) is 3.33. The van der Waals surface area contributed by atoms with Gasteiger partial charge in [-0.3, -0.25) is 4.79 Å². The second kappa shape index (κ2) is 6.28. The van der Waals surface area contributed by atoms with Crippen LogP contribution in [0, 0.1) is 11.3 Å². The molecule has 6 nitrogen and oxygen atoms in total. The van der Waals surface area contributed by atoms with Gasteiger partial charge in [0.15, 0.2) is 17.6 Å². The standard InChI is InChI=1S/C17H12F2N2O4/c1-10(23-13-5-2-11(9-20)3-6-13)16(22)21-12-4-7-14-15(8-12)25-17(18,19)24-14/h2-8,10H,1H3,(H,21,22)/t10-/m1/s1. The van der Waals surface area contributed by atoms with Crippen LogP contribution in [-0.2, 0) is 4.79 Å². The zero-order valence-electron chi connectivity index (χ0n) is 13.0. The monoisotopic (exact) mass is 346 g/mol. The molecule has 2 aromatic rings. The van der Waals surface area contributed by atoms with E-state index in [2.05, 4.69) is 14.8 Å². The quantitative estimate of drug-likeness (QED) is 0.919. The molecule has 1 aliphatic heterocycles. The first-order valence-electron chi connectivity index (χ1n) is 7.24. The van der Waals surface area contributed by atoms with Gasteiger partial charge in [-0.1, -0.05) is 0 Å². The van der Waals surface area contributed by atoms with Crippen LogP contribution in [0.5, 0.6) is 17.2 Å². The Hall–Kier alpha value is -3.34. The van der Waals surface area contributed by atoms with Gasteiger partial charge < -0.3 is 19.5 Å². The lowest BCUT2D eigenvalue weighted by atomic mass is 10.2. The Morgan fingerprint density at radius 2 is 1.88 bits per heavy atom. The fraction of sp³-hybridized carbons (Fsp3) is 0.176. The number of nitriles is 1. The van der Waals surface area contributed by atoms with Crippen LogP contribution in [0.15, 0.2) is 42.5 Å². The molecule has 0 bridgehead atoms. The second-order valence-corrected chi connectivity index (χ2v) is 5.21. The lowest BCUT2D eigenvalue weighted by molar-refractivity contribution is -0.286. The molecular formula is C17H12F2N2O4. The van der Waals surface area contributed by atoms with Gasteiger partial charge in [0.05, 0.1) is 11.6 Å². The van der Waals surface area contributed by atoms with Gasteiger partial charge in [-0.05, 0) is 43.3 Å². The molecule has 0 saturated carbocycles. The summed E-state index contributed by atoms with van der Waals surface area (Å²) in [5.74, 6) is -0.324. The molecule has 1 atom stereocenters. The van der Waals surface area contributed by atoms with E-state index in [9.17, 15) is 13.6 Å². The maximum Gasteiger partial charge on any atom is 0.586 e. The van der Waals surface area contributed by atoms with Gasteiger partial charge in [0, 0.05) is 11.8 Å². The predicted octanol–water partition coefficient (Wildman–Crippen LogP) is 3.29. The van der Waals surface area contributed by atoms with Crippen molar-refractivity contribution in [3.63, 3.8) is 0 Å². The maximum absolute atomic E-state index is 13.0. The molecule has 1 amide bonds. The first kappa shape index (κ1) is 16.5. The number of nitrogens with zero attached hydrogens (tertiary/aromatic N) is 1. The second-order valence-electron chi connectivity index (χ2n) is 5.21. The van der Waals surface area contributed by atoms with E-state index in [1.165, 1.54) is 25.1 Å². The number of fused-ring (bicyclic) bond motifs is 1. The van der Waals surface area contributed by atoms with Crippen molar-refractivity contribution < 1.29 is 27.8 Å². The molecule has 1 aliphatic rings. The Labute approximate surface area is 141 Å². The first-order valence-corrected chi connectivity index (χ1v) is 7.24. The highest BCUT2D eigenvalue weighted by Gasteiger charge is 2.43. The molecule has 1 heterocycles. The molecule has 3 rings (SSSR count). The van der Waals surface area contributed by atoms with E-state index in [0.29, 0.717) is 11.3 Å². The van der Waals surface area contributed by atoms with Gasteiger partial charge in [-0.15, -0.1) is 8.78 Å². The minimum absolute atomic E-state index is 0.107. The van der Waals surface area contributed by atoms with Crippen LogP contribution in [0.1, 0.15) is 12.5 Å². The van der Waals surface area contributed by atoms with E-state index in [-0.39, 0.29) is 17.2 Å². The van der Waals surface area contributed by atoms with Gasteiger partial charge in [0.2, 0.25) is 0 Å².